The number of nitrogens with two attached hydrogens (primary N) is 1. The standard InChI is InChI=1S/C12H25NO3S/c1-10(2)11(3)16-8-12(6-4-5-7-12)9-17(13,14)15/h10-11H,4-9H2,1-3H3,(H2,13,14,15). The third-order valence-electron chi connectivity index (χ3n) is 3.76. The highest BCUT2D eigenvalue weighted by molar-refractivity contribution is 7.89. The van der Waals surface area contributed by atoms with Crippen molar-refractivity contribution in [2.24, 2.45) is 16.5 Å². The zero-order valence-electron chi connectivity index (χ0n) is 11.1. The van der Waals surface area contributed by atoms with Crippen LogP contribution in [0.3, 0.4) is 0 Å². The molecule has 1 atom stereocenters. The maximum atomic E-state index is 11.3. The molecule has 1 rings (SSSR count). The van der Waals surface area contributed by atoms with Crippen LogP contribution in [0.2, 0.25) is 0 Å². The van der Waals surface area contributed by atoms with E-state index in [-0.39, 0.29) is 17.3 Å². The van der Waals surface area contributed by atoms with E-state index >= 15 is 0 Å². The van der Waals surface area contributed by atoms with E-state index in [4.69, 9.17) is 9.88 Å². The predicted molar refractivity (Wildman–Crippen MR) is 69.1 cm³/mol. The van der Waals surface area contributed by atoms with Gasteiger partial charge in [-0.25, -0.2) is 13.6 Å². The molecule has 0 aromatic heterocycles. The maximum absolute atomic E-state index is 11.3. The molecule has 0 radical (unpaired) electrons. The third-order valence-corrected chi connectivity index (χ3v) is 4.78. The lowest BCUT2D eigenvalue weighted by atomic mass is 9.89. The quantitative estimate of drug-likeness (QED) is 0.795. The monoisotopic (exact) mass is 263 g/mol. The fourth-order valence-corrected chi connectivity index (χ4v) is 3.61. The molecule has 5 heteroatoms. The topological polar surface area (TPSA) is 69.4 Å². The molecule has 2 N–H and O–H groups in total. The van der Waals surface area contributed by atoms with Gasteiger partial charge in [-0.05, 0) is 25.7 Å². The SMILES string of the molecule is CC(C)C(C)OCC1(CS(N)(=O)=O)CCCC1. The van der Waals surface area contributed by atoms with Crippen molar-refractivity contribution < 1.29 is 13.2 Å². The second-order valence-corrected chi connectivity index (χ2v) is 7.39. The molecule has 1 aliphatic rings. The Hall–Kier alpha value is -0.130. The van der Waals surface area contributed by atoms with Gasteiger partial charge in [0.25, 0.3) is 0 Å². The summed E-state index contributed by atoms with van der Waals surface area (Å²) in [5.74, 6) is 0.507. The van der Waals surface area contributed by atoms with Gasteiger partial charge in [0.15, 0.2) is 0 Å². The van der Waals surface area contributed by atoms with Gasteiger partial charge in [-0.3, -0.25) is 0 Å². The van der Waals surface area contributed by atoms with Gasteiger partial charge in [-0.15, -0.1) is 0 Å². The van der Waals surface area contributed by atoms with Gasteiger partial charge in [-0.1, -0.05) is 26.7 Å². The van der Waals surface area contributed by atoms with Crippen LogP contribution in [-0.2, 0) is 14.8 Å². The molecule has 0 spiro atoms. The minimum Gasteiger partial charge on any atom is -0.378 e. The summed E-state index contributed by atoms with van der Waals surface area (Å²) in [6.45, 7) is 6.75. The number of hydrogen-bond donors (Lipinski definition) is 1. The summed E-state index contributed by atoms with van der Waals surface area (Å²) in [4.78, 5) is 0. The van der Waals surface area contributed by atoms with Crippen LogP contribution >= 0.6 is 0 Å². The van der Waals surface area contributed by atoms with Crippen molar-refractivity contribution in [3.05, 3.63) is 0 Å². The predicted octanol–water partition coefficient (Wildman–Crippen LogP) is 1.90. The lowest BCUT2D eigenvalue weighted by Gasteiger charge is -2.30. The molecule has 1 aliphatic carbocycles. The molecule has 0 heterocycles. The number of ether oxygens (including phenoxy) is 1. The largest absolute Gasteiger partial charge is 0.378 e. The van der Waals surface area contributed by atoms with E-state index in [9.17, 15) is 8.42 Å². The number of sulfonamides is 1. The molecule has 0 saturated heterocycles. The van der Waals surface area contributed by atoms with Crippen LogP contribution in [0.15, 0.2) is 0 Å². The molecule has 1 unspecified atom stereocenters. The number of rotatable bonds is 6. The summed E-state index contributed by atoms with van der Waals surface area (Å²) in [7, 11) is -3.41. The van der Waals surface area contributed by atoms with Crippen molar-refractivity contribution in [3.63, 3.8) is 0 Å². The highest BCUT2D eigenvalue weighted by Gasteiger charge is 2.38. The van der Waals surface area contributed by atoms with Crippen LogP contribution in [0.1, 0.15) is 46.5 Å². The van der Waals surface area contributed by atoms with Gasteiger partial charge in [0.2, 0.25) is 10.0 Å². The first-order chi connectivity index (χ1) is 7.74. The summed E-state index contributed by atoms with van der Waals surface area (Å²) in [6.07, 6.45) is 4.14. The molecule has 0 aromatic rings. The highest BCUT2D eigenvalue weighted by Crippen LogP contribution is 2.39. The summed E-state index contributed by atoms with van der Waals surface area (Å²) < 4.78 is 28.4. The Morgan fingerprint density at radius 3 is 2.18 bits per heavy atom. The maximum Gasteiger partial charge on any atom is 0.209 e. The average Bonchev–Trinajstić information content (AvgIpc) is 2.60. The summed E-state index contributed by atoms with van der Waals surface area (Å²) in [6, 6.07) is 0. The molecule has 102 valence electrons. The van der Waals surface area contributed by atoms with E-state index in [0.29, 0.717) is 12.5 Å². The first-order valence-electron chi connectivity index (χ1n) is 6.36. The van der Waals surface area contributed by atoms with Crippen LogP contribution in [0, 0.1) is 11.3 Å². The Morgan fingerprint density at radius 1 is 1.24 bits per heavy atom. The van der Waals surface area contributed by atoms with Gasteiger partial charge in [0, 0.05) is 5.41 Å². The van der Waals surface area contributed by atoms with Gasteiger partial charge < -0.3 is 4.74 Å². The van der Waals surface area contributed by atoms with Crippen molar-refractivity contribution in [1.82, 2.24) is 0 Å². The first-order valence-corrected chi connectivity index (χ1v) is 8.08. The average molecular weight is 263 g/mol. The van der Waals surface area contributed by atoms with Crippen molar-refractivity contribution in [3.8, 4) is 0 Å². The van der Waals surface area contributed by atoms with Gasteiger partial charge in [-0.2, -0.15) is 0 Å². The number of primary sulfonamides is 1. The molecule has 1 saturated carbocycles. The summed E-state index contributed by atoms with van der Waals surface area (Å²) >= 11 is 0. The Kier molecular flexibility index (Phi) is 4.98. The second-order valence-electron chi connectivity index (χ2n) is 5.77. The Labute approximate surface area is 105 Å². The molecule has 1 fully saturated rings. The summed E-state index contributed by atoms with van der Waals surface area (Å²) in [5, 5.41) is 5.18. The molecule has 0 aliphatic heterocycles. The molecule has 17 heavy (non-hydrogen) atoms. The highest BCUT2D eigenvalue weighted by atomic mass is 32.2. The van der Waals surface area contributed by atoms with Crippen LogP contribution in [0.5, 0.6) is 0 Å². The molecule has 0 bridgehead atoms. The van der Waals surface area contributed by atoms with Gasteiger partial charge in [0.1, 0.15) is 0 Å². The smallest absolute Gasteiger partial charge is 0.209 e. The van der Waals surface area contributed by atoms with Crippen LogP contribution in [-0.4, -0.2) is 26.9 Å². The van der Waals surface area contributed by atoms with Gasteiger partial charge in [0.05, 0.1) is 18.5 Å². The van der Waals surface area contributed by atoms with E-state index in [1.54, 1.807) is 0 Å². The van der Waals surface area contributed by atoms with Gasteiger partial charge >= 0.3 is 0 Å². The fourth-order valence-electron chi connectivity index (χ4n) is 2.38. The fraction of sp³-hybridized carbons (Fsp3) is 1.00. The van der Waals surface area contributed by atoms with Crippen LogP contribution < -0.4 is 5.14 Å². The zero-order valence-corrected chi connectivity index (χ0v) is 11.9. The first kappa shape index (κ1) is 14.9. The summed E-state index contributed by atoms with van der Waals surface area (Å²) in [5.41, 5.74) is -0.239. The molecule has 4 nitrogen and oxygen atoms in total. The van der Waals surface area contributed by atoms with E-state index in [1.807, 2.05) is 6.92 Å². The Balaban J connectivity index is 2.60. The van der Waals surface area contributed by atoms with E-state index < -0.39 is 10.0 Å². The van der Waals surface area contributed by atoms with Crippen molar-refractivity contribution in [1.29, 1.82) is 0 Å². The van der Waals surface area contributed by atoms with Crippen molar-refractivity contribution in [2.45, 2.75) is 52.6 Å². The van der Waals surface area contributed by atoms with E-state index in [2.05, 4.69) is 13.8 Å². The Bertz CT molecular complexity index is 332. The second kappa shape index (κ2) is 5.67. The van der Waals surface area contributed by atoms with E-state index in [1.165, 1.54) is 0 Å². The molecular formula is C12H25NO3S. The lowest BCUT2D eigenvalue weighted by molar-refractivity contribution is -0.0125. The lowest BCUT2D eigenvalue weighted by Crippen LogP contribution is -2.37. The zero-order chi connectivity index (χ0) is 13.1. The number of hydrogen-bond acceptors (Lipinski definition) is 3. The Morgan fingerprint density at radius 2 is 1.76 bits per heavy atom. The molecule has 0 aromatic carbocycles. The van der Waals surface area contributed by atoms with Crippen molar-refractivity contribution in [2.75, 3.05) is 12.4 Å². The third kappa shape index (κ3) is 4.94. The molecular weight excluding hydrogens is 238 g/mol. The normalized spacial score (nSPS) is 21.9. The van der Waals surface area contributed by atoms with Crippen LogP contribution in [0.25, 0.3) is 0 Å². The van der Waals surface area contributed by atoms with E-state index in [0.717, 1.165) is 25.7 Å². The minimum atomic E-state index is -3.41. The van der Waals surface area contributed by atoms with Crippen LogP contribution in [0.4, 0.5) is 0 Å². The minimum absolute atomic E-state index is 0.0603. The molecule has 0 amide bonds. The van der Waals surface area contributed by atoms with Crippen molar-refractivity contribution >= 4 is 10.0 Å².